The highest BCUT2D eigenvalue weighted by Gasteiger charge is 2.70. The number of hydrogen-bond donors (Lipinski definition) is 2. The minimum Gasteiger partial charge on any atom is -0.324 e. The van der Waals surface area contributed by atoms with Crippen molar-refractivity contribution in [2.45, 2.75) is 56.7 Å². The number of nitrogens with zero attached hydrogens (tertiary/aromatic N) is 1. The van der Waals surface area contributed by atoms with E-state index in [1.54, 1.807) is 17.8 Å². The fourth-order valence-corrected chi connectivity index (χ4v) is 6.67. The topological polar surface area (TPSA) is 78.5 Å². The van der Waals surface area contributed by atoms with Gasteiger partial charge in [0.25, 0.3) is 0 Å². The van der Waals surface area contributed by atoms with Crippen LogP contribution in [0.2, 0.25) is 5.02 Å². The predicted molar refractivity (Wildman–Crippen MR) is 118 cm³/mol. The average molecular weight is 448 g/mol. The molecule has 5 rings (SSSR count). The molecule has 8 heteroatoms. The van der Waals surface area contributed by atoms with Crippen LogP contribution in [-0.4, -0.2) is 46.7 Å². The van der Waals surface area contributed by atoms with Gasteiger partial charge in [-0.1, -0.05) is 30.5 Å². The van der Waals surface area contributed by atoms with Crippen molar-refractivity contribution >= 4 is 46.8 Å². The Bertz CT molecular complexity index is 948. The van der Waals surface area contributed by atoms with Gasteiger partial charge in [-0.15, -0.1) is 0 Å². The van der Waals surface area contributed by atoms with Crippen molar-refractivity contribution in [2.24, 2.45) is 11.8 Å². The molecule has 1 aliphatic carbocycles. The molecule has 0 bridgehead atoms. The number of carbonyl (C=O) groups excluding carboxylic acids is 3. The molecule has 3 heterocycles. The second-order valence-electron chi connectivity index (χ2n) is 8.88. The number of fused-ring (bicyclic) bond motifs is 4. The van der Waals surface area contributed by atoms with E-state index in [0.717, 1.165) is 49.0 Å². The van der Waals surface area contributed by atoms with Crippen LogP contribution in [0.4, 0.5) is 5.69 Å². The van der Waals surface area contributed by atoms with Gasteiger partial charge in [0.15, 0.2) is 0 Å². The summed E-state index contributed by atoms with van der Waals surface area (Å²) >= 11 is 8.01. The Hall–Kier alpha value is -1.57. The molecule has 4 atom stereocenters. The van der Waals surface area contributed by atoms with E-state index in [0.29, 0.717) is 10.7 Å². The molecule has 3 amide bonds. The lowest BCUT2D eigenvalue weighted by atomic mass is 9.76. The van der Waals surface area contributed by atoms with E-state index in [-0.39, 0.29) is 29.8 Å². The summed E-state index contributed by atoms with van der Waals surface area (Å²) in [6.45, 7) is 1.87. The quantitative estimate of drug-likeness (QED) is 0.693. The van der Waals surface area contributed by atoms with Gasteiger partial charge in [-0.2, -0.15) is 11.8 Å². The Morgan fingerprint density at radius 2 is 1.93 bits per heavy atom. The van der Waals surface area contributed by atoms with Gasteiger partial charge < -0.3 is 5.32 Å². The van der Waals surface area contributed by atoms with E-state index in [2.05, 4.69) is 10.6 Å². The van der Waals surface area contributed by atoms with Crippen LogP contribution in [-0.2, 0) is 19.9 Å². The molecule has 160 valence electrons. The number of likely N-dealkylation sites (tertiary alicyclic amines) is 1. The first-order valence-electron chi connectivity index (χ1n) is 10.7. The second-order valence-corrected chi connectivity index (χ2v) is 10.3. The van der Waals surface area contributed by atoms with Crippen LogP contribution in [0, 0.1) is 18.8 Å². The van der Waals surface area contributed by atoms with Crippen LogP contribution in [0.1, 0.15) is 43.2 Å². The summed E-state index contributed by atoms with van der Waals surface area (Å²) in [6, 6.07) is 3.38. The summed E-state index contributed by atoms with van der Waals surface area (Å²) in [5, 5.41) is 7.04. The van der Waals surface area contributed by atoms with Gasteiger partial charge in [-0.05, 0) is 49.8 Å². The van der Waals surface area contributed by atoms with E-state index >= 15 is 0 Å². The van der Waals surface area contributed by atoms with Crippen molar-refractivity contribution in [3.8, 4) is 0 Å². The van der Waals surface area contributed by atoms with E-state index < -0.39 is 17.4 Å². The average Bonchev–Trinajstić information content (AvgIpc) is 3.46. The zero-order chi connectivity index (χ0) is 21.2. The Labute approximate surface area is 185 Å². The number of imide groups is 1. The lowest BCUT2D eigenvalue weighted by molar-refractivity contribution is -0.145. The maximum atomic E-state index is 13.7. The summed E-state index contributed by atoms with van der Waals surface area (Å²) in [5.41, 5.74) is 0.988. The maximum Gasteiger partial charge on any atom is 0.250 e. The van der Waals surface area contributed by atoms with Crippen LogP contribution in [0.15, 0.2) is 12.1 Å². The van der Waals surface area contributed by atoms with E-state index in [4.69, 9.17) is 11.6 Å². The molecule has 0 unspecified atom stereocenters. The molecular weight excluding hydrogens is 422 g/mol. The predicted octanol–water partition coefficient (Wildman–Crippen LogP) is 3.06. The van der Waals surface area contributed by atoms with Gasteiger partial charge >= 0.3 is 0 Å². The van der Waals surface area contributed by atoms with Crippen molar-refractivity contribution in [1.29, 1.82) is 0 Å². The number of amides is 3. The van der Waals surface area contributed by atoms with Crippen LogP contribution in [0.3, 0.4) is 0 Å². The molecule has 1 saturated carbocycles. The minimum atomic E-state index is -1.21. The summed E-state index contributed by atoms with van der Waals surface area (Å²) in [7, 11) is 0. The van der Waals surface area contributed by atoms with Crippen molar-refractivity contribution in [2.75, 3.05) is 17.3 Å². The maximum absolute atomic E-state index is 13.7. The molecule has 6 nitrogen and oxygen atoms in total. The number of benzene rings is 1. The standard InChI is InChI=1S/C22H26ClN3O3S/c1-11-14(23)8-7-13-18(11)24-21(29)22(13)17-16(15(25-22)9-10-30-2)19(27)26(20(17)28)12-5-3-4-6-12/h7-8,12,15-17,25H,3-6,9-10H2,1-2H3,(H,24,29)/t15-,16+,17-,22-/m0/s1. The van der Waals surface area contributed by atoms with E-state index in [1.807, 2.05) is 19.2 Å². The molecule has 4 aliphatic rings. The molecule has 1 aromatic carbocycles. The van der Waals surface area contributed by atoms with Gasteiger partial charge in [0.1, 0.15) is 5.54 Å². The van der Waals surface area contributed by atoms with Gasteiger partial charge in [-0.25, -0.2) is 0 Å². The molecule has 0 radical (unpaired) electrons. The number of halogens is 1. The first-order chi connectivity index (χ1) is 14.4. The fraction of sp³-hybridized carbons (Fsp3) is 0.591. The summed E-state index contributed by atoms with van der Waals surface area (Å²) in [6.07, 6.45) is 6.57. The van der Waals surface area contributed by atoms with Gasteiger partial charge in [-0.3, -0.25) is 24.6 Å². The van der Waals surface area contributed by atoms with Crippen LogP contribution in [0.25, 0.3) is 0 Å². The minimum absolute atomic E-state index is 0.0234. The molecule has 1 spiro atoms. The van der Waals surface area contributed by atoms with Crippen molar-refractivity contribution < 1.29 is 14.4 Å². The Balaban J connectivity index is 1.64. The lowest BCUT2D eigenvalue weighted by Crippen LogP contribution is -2.54. The third-order valence-corrected chi connectivity index (χ3v) is 8.49. The SMILES string of the molecule is CSCC[C@@H]1N[C@]2(C(=O)Nc3c2ccc(Cl)c3C)[C@@H]2C(=O)N(C3CCCC3)C(=O)[C@H]12. The monoisotopic (exact) mass is 447 g/mol. The van der Waals surface area contributed by atoms with Crippen LogP contribution >= 0.6 is 23.4 Å². The van der Waals surface area contributed by atoms with Crippen molar-refractivity contribution in [1.82, 2.24) is 10.2 Å². The molecule has 2 N–H and O–H groups in total. The highest BCUT2D eigenvalue weighted by atomic mass is 35.5. The Morgan fingerprint density at radius 3 is 2.63 bits per heavy atom. The van der Waals surface area contributed by atoms with Crippen LogP contribution < -0.4 is 10.6 Å². The summed E-state index contributed by atoms with van der Waals surface area (Å²) in [4.78, 5) is 42.2. The smallest absolute Gasteiger partial charge is 0.250 e. The zero-order valence-corrected chi connectivity index (χ0v) is 18.7. The van der Waals surface area contributed by atoms with Gasteiger partial charge in [0, 0.05) is 22.7 Å². The summed E-state index contributed by atoms with van der Waals surface area (Å²) < 4.78 is 0. The number of nitrogens with one attached hydrogen (secondary N) is 2. The largest absolute Gasteiger partial charge is 0.324 e. The van der Waals surface area contributed by atoms with E-state index in [9.17, 15) is 14.4 Å². The molecule has 2 saturated heterocycles. The Kier molecular flexibility index (Phi) is 4.91. The molecule has 0 aromatic heterocycles. The Morgan fingerprint density at radius 1 is 1.20 bits per heavy atom. The number of hydrogen-bond acceptors (Lipinski definition) is 5. The molecule has 3 aliphatic heterocycles. The first-order valence-corrected chi connectivity index (χ1v) is 12.4. The molecular formula is C22H26ClN3O3S. The van der Waals surface area contributed by atoms with Gasteiger partial charge in [0.05, 0.1) is 17.5 Å². The number of carbonyl (C=O) groups is 3. The first kappa shape index (κ1) is 20.3. The third kappa shape index (κ3) is 2.58. The lowest BCUT2D eigenvalue weighted by Gasteiger charge is -2.31. The molecule has 30 heavy (non-hydrogen) atoms. The fourth-order valence-electron chi connectivity index (χ4n) is 6.03. The number of rotatable bonds is 4. The molecule has 1 aromatic rings. The second kappa shape index (κ2) is 7.24. The normalized spacial score (nSPS) is 33.0. The van der Waals surface area contributed by atoms with Crippen molar-refractivity contribution in [3.05, 3.63) is 28.3 Å². The molecule has 3 fully saturated rings. The highest BCUT2D eigenvalue weighted by molar-refractivity contribution is 7.98. The zero-order valence-electron chi connectivity index (χ0n) is 17.2. The number of anilines is 1. The van der Waals surface area contributed by atoms with Crippen molar-refractivity contribution in [3.63, 3.8) is 0 Å². The van der Waals surface area contributed by atoms with E-state index in [1.165, 1.54) is 4.90 Å². The van der Waals surface area contributed by atoms with Gasteiger partial charge in [0.2, 0.25) is 17.7 Å². The third-order valence-electron chi connectivity index (χ3n) is 7.44. The van der Waals surface area contributed by atoms with Crippen LogP contribution in [0.5, 0.6) is 0 Å². The number of thioether (sulfide) groups is 1. The summed E-state index contributed by atoms with van der Waals surface area (Å²) in [5.74, 6) is -0.891. The highest BCUT2D eigenvalue weighted by Crippen LogP contribution is 2.55.